The van der Waals surface area contributed by atoms with Crippen molar-refractivity contribution in [1.29, 1.82) is 0 Å². The van der Waals surface area contributed by atoms with Crippen molar-refractivity contribution in [2.45, 2.75) is 33.3 Å². The van der Waals surface area contributed by atoms with Gasteiger partial charge in [0.05, 0.1) is 6.10 Å². The summed E-state index contributed by atoms with van der Waals surface area (Å²) in [7, 11) is 0. The largest absolute Gasteiger partial charge is 0.392 e. The molecule has 0 amide bonds. The van der Waals surface area contributed by atoms with E-state index in [4.69, 9.17) is 0 Å². The molecule has 2 aliphatic rings. The average molecular weight is 166 g/mol. The van der Waals surface area contributed by atoms with Gasteiger partial charge in [0.1, 0.15) is 0 Å². The first-order valence-corrected chi connectivity index (χ1v) is 4.90. The lowest BCUT2D eigenvalue weighted by atomic mass is 9.63. The molecule has 0 radical (unpaired) electrons. The molecular formula is C11H18O. The van der Waals surface area contributed by atoms with Crippen molar-refractivity contribution in [3.05, 3.63) is 12.2 Å². The van der Waals surface area contributed by atoms with Crippen molar-refractivity contribution in [3.8, 4) is 0 Å². The van der Waals surface area contributed by atoms with Crippen LogP contribution in [0.3, 0.4) is 0 Å². The first kappa shape index (κ1) is 8.31. The van der Waals surface area contributed by atoms with Crippen LogP contribution in [0.2, 0.25) is 0 Å². The molecule has 4 atom stereocenters. The summed E-state index contributed by atoms with van der Waals surface area (Å²) in [5.41, 5.74) is 0.0862. The topological polar surface area (TPSA) is 20.2 Å². The molecule has 0 aromatic heterocycles. The van der Waals surface area contributed by atoms with E-state index < -0.39 is 0 Å². The van der Waals surface area contributed by atoms with Gasteiger partial charge in [-0.15, -0.1) is 0 Å². The molecule has 1 nitrogen and oxygen atoms in total. The van der Waals surface area contributed by atoms with Crippen molar-refractivity contribution in [2.75, 3.05) is 0 Å². The first-order chi connectivity index (χ1) is 5.53. The van der Waals surface area contributed by atoms with E-state index >= 15 is 0 Å². The van der Waals surface area contributed by atoms with Crippen LogP contribution in [-0.4, -0.2) is 11.2 Å². The van der Waals surface area contributed by atoms with Crippen molar-refractivity contribution >= 4 is 0 Å². The highest BCUT2D eigenvalue weighted by atomic mass is 16.3. The second-order valence-electron chi connectivity index (χ2n) is 5.02. The fraction of sp³-hybridized carbons (Fsp3) is 0.818. The van der Waals surface area contributed by atoms with Gasteiger partial charge >= 0.3 is 0 Å². The molecule has 2 rings (SSSR count). The maximum absolute atomic E-state index is 10.0. The number of aliphatic hydroxyl groups excluding tert-OH is 1. The molecule has 0 aromatic carbocycles. The molecule has 0 aliphatic heterocycles. The lowest BCUT2D eigenvalue weighted by Gasteiger charge is -2.44. The smallest absolute Gasteiger partial charge is 0.0627 e. The van der Waals surface area contributed by atoms with E-state index in [1.54, 1.807) is 0 Å². The van der Waals surface area contributed by atoms with Crippen LogP contribution in [-0.2, 0) is 0 Å². The van der Waals surface area contributed by atoms with Crippen molar-refractivity contribution < 1.29 is 5.11 Å². The average Bonchev–Trinajstić information content (AvgIpc) is 2.46. The van der Waals surface area contributed by atoms with Crippen LogP contribution in [0.1, 0.15) is 27.2 Å². The second kappa shape index (κ2) is 2.35. The molecule has 2 bridgehead atoms. The summed E-state index contributed by atoms with van der Waals surface area (Å²) >= 11 is 0. The van der Waals surface area contributed by atoms with Crippen LogP contribution in [0, 0.1) is 23.2 Å². The van der Waals surface area contributed by atoms with Gasteiger partial charge in [0.15, 0.2) is 0 Å². The van der Waals surface area contributed by atoms with Crippen molar-refractivity contribution in [1.82, 2.24) is 0 Å². The van der Waals surface area contributed by atoms with Gasteiger partial charge in [0.2, 0.25) is 0 Å². The Morgan fingerprint density at radius 3 is 2.67 bits per heavy atom. The fourth-order valence-electron chi connectivity index (χ4n) is 2.80. The summed E-state index contributed by atoms with van der Waals surface area (Å²) < 4.78 is 0. The van der Waals surface area contributed by atoms with E-state index in [2.05, 4.69) is 32.9 Å². The summed E-state index contributed by atoms with van der Waals surface area (Å²) in [5, 5.41) is 10.0. The molecule has 0 heterocycles. The molecule has 1 saturated carbocycles. The zero-order valence-electron chi connectivity index (χ0n) is 8.12. The first-order valence-electron chi connectivity index (χ1n) is 4.90. The van der Waals surface area contributed by atoms with Crippen LogP contribution in [0.4, 0.5) is 0 Å². The molecule has 1 N–H and O–H groups in total. The second-order valence-corrected chi connectivity index (χ2v) is 5.02. The van der Waals surface area contributed by atoms with Crippen LogP contribution >= 0.6 is 0 Å². The van der Waals surface area contributed by atoms with E-state index in [1.807, 2.05) is 0 Å². The Bertz CT molecular complexity index is 217. The summed E-state index contributed by atoms with van der Waals surface area (Å²) in [6.45, 7) is 6.54. The minimum atomic E-state index is -0.128. The maximum Gasteiger partial charge on any atom is 0.0627 e. The molecule has 1 fully saturated rings. The van der Waals surface area contributed by atoms with Crippen molar-refractivity contribution in [3.63, 3.8) is 0 Å². The Morgan fingerprint density at radius 2 is 2.00 bits per heavy atom. The Kier molecular flexibility index (Phi) is 1.63. The van der Waals surface area contributed by atoms with Gasteiger partial charge in [-0.1, -0.05) is 32.9 Å². The third kappa shape index (κ3) is 0.891. The summed E-state index contributed by atoms with van der Waals surface area (Å²) in [4.78, 5) is 0. The van der Waals surface area contributed by atoms with E-state index in [0.717, 1.165) is 0 Å². The van der Waals surface area contributed by atoms with E-state index in [9.17, 15) is 5.11 Å². The van der Waals surface area contributed by atoms with Gasteiger partial charge in [0, 0.05) is 0 Å². The van der Waals surface area contributed by atoms with Crippen LogP contribution in [0.25, 0.3) is 0 Å². The SMILES string of the molecule is C[C@H]1[C@H]2C=C[C@H](C2)C(C)(C)[C@H]1O. The number of fused-ring (bicyclic) bond motifs is 2. The van der Waals surface area contributed by atoms with Gasteiger partial charge in [0.25, 0.3) is 0 Å². The molecule has 12 heavy (non-hydrogen) atoms. The minimum absolute atomic E-state index is 0.0862. The van der Waals surface area contributed by atoms with Gasteiger partial charge in [-0.25, -0.2) is 0 Å². The summed E-state index contributed by atoms with van der Waals surface area (Å²) in [5.74, 6) is 1.68. The van der Waals surface area contributed by atoms with Crippen molar-refractivity contribution in [2.24, 2.45) is 23.2 Å². The normalized spacial score (nSPS) is 49.7. The van der Waals surface area contributed by atoms with E-state index in [0.29, 0.717) is 17.8 Å². The number of aliphatic hydroxyl groups is 1. The Morgan fingerprint density at radius 1 is 1.33 bits per heavy atom. The quantitative estimate of drug-likeness (QED) is 0.547. The molecular weight excluding hydrogens is 148 g/mol. The predicted octanol–water partition coefficient (Wildman–Crippen LogP) is 2.22. The molecule has 0 spiro atoms. The minimum Gasteiger partial charge on any atom is -0.392 e. The Labute approximate surface area is 74.5 Å². The number of rotatable bonds is 0. The number of allylic oxidation sites excluding steroid dienone is 2. The molecule has 0 saturated heterocycles. The van der Waals surface area contributed by atoms with Crippen LogP contribution < -0.4 is 0 Å². The lowest BCUT2D eigenvalue weighted by Crippen LogP contribution is -2.45. The highest BCUT2D eigenvalue weighted by Crippen LogP contribution is 2.50. The maximum atomic E-state index is 10.0. The third-order valence-corrected chi connectivity index (χ3v) is 4.01. The molecule has 2 aliphatic carbocycles. The zero-order chi connectivity index (χ0) is 8.93. The van der Waals surface area contributed by atoms with Gasteiger partial charge in [-0.3, -0.25) is 0 Å². The molecule has 1 heteroatoms. The fourth-order valence-corrected chi connectivity index (χ4v) is 2.80. The Hall–Kier alpha value is -0.300. The van der Waals surface area contributed by atoms with E-state index in [1.165, 1.54) is 6.42 Å². The number of hydrogen-bond donors (Lipinski definition) is 1. The molecule has 0 unspecified atom stereocenters. The lowest BCUT2D eigenvalue weighted by molar-refractivity contribution is -0.0588. The Balaban J connectivity index is 2.32. The zero-order valence-corrected chi connectivity index (χ0v) is 8.12. The molecule has 68 valence electrons. The standard InChI is InChI=1S/C11H18O/c1-7-8-4-5-9(6-8)11(2,3)10(7)12/h4-5,7-10,12H,6H2,1-3H3/t7-,8-,9+,10-/m0/s1. The summed E-state index contributed by atoms with van der Waals surface area (Å²) in [6, 6.07) is 0. The molecule has 0 aromatic rings. The van der Waals surface area contributed by atoms with Crippen LogP contribution in [0.15, 0.2) is 12.2 Å². The van der Waals surface area contributed by atoms with Crippen LogP contribution in [0.5, 0.6) is 0 Å². The monoisotopic (exact) mass is 166 g/mol. The summed E-state index contributed by atoms with van der Waals surface area (Å²) in [6.07, 6.45) is 5.73. The third-order valence-electron chi connectivity index (χ3n) is 4.01. The van der Waals surface area contributed by atoms with E-state index in [-0.39, 0.29) is 11.5 Å². The van der Waals surface area contributed by atoms with Gasteiger partial charge in [-0.05, 0) is 29.6 Å². The van der Waals surface area contributed by atoms with Gasteiger partial charge < -0.3 is 5.11 Å². The van der Waals surface area contributed by atoms with Gasteiger partial charge in [-0.2, -0.15) is 0 Å². The highest BCUT2D eigenvalue weighted by molar-refractivity contribution is 5.14. The predicted molar refractivity (Wildman–Crippen MR) is 49.7 cm³/mol. The number of hydrogen-bond acceptors (Lipinski definition) is 1. The highest BCUT2D eigenvalue weighted by Gasteiger charge is 2.47.